The van der Waals surface area contributed by atoms with Crippen LogP contribution in [0.15, 0.2) is 12.4 Å². The first-order valence-electron chi connectivity index (χ1n) is 8.91. The van der Waals surface area contributed by atoms with E-state index in [1.54, 1.807) is 0 Å². The molecule has 0 aromatic heterocycles. The summed E-state index contributed by atoms with van der Waals surface area (Å²) >= 11 is 0. The van der Waals surface area contributed by atoms with E-state index in [-0.39, 0.29) is 0 Å². The first kappa shape index (κ1) is 31.0. The normalized spacial score (nSPS) is 15.2. The fourth-order valence-corrected chi connectivity index (χ4v) is 2.84. The molecule has 0 aliphatic rings. The van der Waals surface area contributed by atoms with Gasteiger partial charge in [-0.3, -0.25) is 9.35 Å². The van der Waals surface area contributed by atoms with Crippen molar-refractivity contribution < 1.29 is 67.2 Å². The van der Waals surface area contributed by atoms with Crippen LogP contribution in [0.1, 0.15) is 33.6 Å². The molecule has 8 nitrogen and oxygen atoms in total. The van der Waals surface area contributed by atoms with Crippen LogP contribution in [0.5, 0.6) is 0 Å². The largest absolute Gasteiger partial charge is 0.466 e. The summed E-state index contributed by atoms with van der Waals surface area (Å²) in [5.41, 5.74) is 0. The van der Waals surface area contributed by atoms with E-state index in [1.807, 2.05) is 0 Å². The van der Waals surface area contributed by atoms with Crippen molar-refractivity contribution in [3.63, 3.8) is 0 Å². The summed E-state index contributed by atoms with van der Waals surface area (Å²) in [4.78, 5) is 24.5. The van der Waals surface area contributed by atoms with Crippen LogP contribution in [0.2, 0.25) is 0 Å². The quantitative estimate of drug-likeness (QED) is 0.104. The smallest absolute Gasteiger partial charge is 0.410 e. The molecule has 0 aliphatic carbocycles. The second kappa shape index (κ2) is 10.5. The number of carbonyl (C=O) groups excluding carboxylic acids is 2. The van der Waals surface area contributed by atoms with Crippen LogP contribution >= 0.6 is 0 Å². The summed E-state index contributed by atoms with van der Waals surface area (Å²) in [5.74, 6) is -16.6. The number of rotatable bonds is 12. The third-order valence-corrected chi connectivity index (χ3v) is 4.97. The molecule has 0 bridgehead atoms. The number of likely N-dealkylation sites (N-methyl/N-ethyl adjacent to an activating group) is 1. The van der Waals surface area contributed by atoms with Crippen LogP contribution in [0, 0.1) is 0 Å². The van der Waals surface area contributed by atoms with Crippen molar-refractivity contribution in [3.05, 3.63) is 12.4 Å². The van der Waals surface area contributed by atoms with Crippen molar-refractivity contribution in [2.24, 2.45) is 0 Å². The third kappa shape index (κ3) is 6.75. The number of esters is 1. The highest BCUT2D eigenvalue weighted by molar-refractivity contribution is 7.87. The number of carbonyl (C=O) groups is 2. The van der Waals surface area contributed by atoms with Crippen LogP contribution < -0.4 is 0 Å². The molecule has 33 heavy (non-hydrogen) atoms. The predicted octanol–water partition coefficient (Wildman–Crippen LogP) is 3.44. The Hall–Kier alpha value is -2.01. The topological polar surface area (TPSA) is 110 Å². The lowest BCUT2D eigenvalue weighted by molar-refractivity contribution is -0.351. The molecular formula is C16H21F8NO7S. The number of halogens is 8. The Morgan fingerprint density at radius 3 is 1.91 bits per heavy atom. The van der Waals surface area contributed by atoms with Gasteiger partial charge in [0.05, 0.1) is 6.61 Å². The number of amides is 1. The van der Waals surface area contributed by atoms with E-state index in [0.717, 1.165) is 0 Å². The summed E-state index contributed by atoms with van der Waals surface area (Å²) in [5, 5.41) is -5.99. The van der Waals surface area contributed by atoms with Gasteiger partial charge in [0.2, 0.25) is 5.83 Å². The van der Waals surface area contributed by atoms with Gasteiger partial charge in [0.25, 0.3) is 0 Å². The van der Waals surface area contributed by atoms with Gasteiger partial charge in [-0.25, -0.2) is 4.79 Å². The zero-order valence-electron chi connectivity index (χ0n) is 17.4. The molecule has 1 atom stereocenters. The van der Waals surface area contributed by atoms with E-state index < -0.39 is 83.0 Å². The highest BCUT2D eigenvalue weighted by Crippen LogP contribution is 2.42. The Balaban J connectivity index is 6.06. The molecule has 1 unspecified atom stereocenters. The highest BCUT2D eigenvalue weighted by Gasteiger charge is 2.68. The van der Waals surface area contributed by atoms with Gasteiger partial charge in [0, 0.05) is 19.0 Å². The summed E-state index contributed by atoms with van der Waals surface area (Å²) in [7, 11) is -6.60. The van der Waals surface area contributed by atoms with E-state index in [4.69, 9.17) is 4.55 Å². The molecule has 1 N–H and O–H groups in total. The summed E-state index contributed by atoms with van der Waals surface area (Å²) in [6.45, 7) is 4.08. The monoisotopic (exact) mass is 523 g/mol. The van der Waals surface area contributed by atoms with Crippen molar-refractivity contribution in [3.8, 4) is 0 Å². The van der Waals surface area contributed by atoms with Crippen molar-refractivity contribution in [1.29, 1.82) is 0 Å². The van der Waals surface area contributed by atoms with Gasteiger partial charge in [-0.15, -0.1) is 0 Å². The third-order valence-electron chi connectivity index (χ3n) is 4.03. The van der Waals surface area contributed by atoms with Crippen LogP contribution in [0.4, 0.5) is 35.1 Å². The molecule has 0 heterocycles. The molecule has 0 spiro atoms. The fraction of sp³-hybridized carbons (Fsp3) is 0.750. The van der Waals surface area contributed by atoms with Gasteiger partial charge in [0.15, 0.2) is 0 Å². The fourth-order valence-electron chi connectivity index (χ4n) is 2.36. The van der Waals surface area contributed by atoms with E-state index in [0.29, 0.717) is 4.90 Å². The molecule has 0 saturated carbocycles. The van der Waals surface area contributed by atoms with Crippen LogP contribution in [-0.4, -0.2) is 72.1 Å². The van der Waals surface area contributed by atoms with Crippen LogP contribution in [-0.2, 0) is 29.2 Å². The second-order valence-electron chi connectivity index (χ2n) is 6.74. The molecule has 0 radical (unpaired) electrons. The van der Waals surface area contributed by atoms with Gasteiger partial charge in [-0.1, -0.05) is 6.58 Å². The highest BCUT2D eigenvalue weighted by atomic mass is 32.2. The van der Waals surface area contributed by atoms with Crippen molar-refractivity contribution >= 4 is 22.0 Å². The zero-order valence-corrected chi connectivity index (χ0v) is 18.2. The average molecular weight is 523 g/mol. The van der Waals surface area contributed by atoms with Gasteiger partial charge in [-0.05, 0) is 27.2 Å². The minimum absolute atomic E-state index is 0.412. The SMILES string of the molecule is C=C(F)C(=O)OC(OCCCC(F)(F)C(F)(F)S(=O)(=O)O)(C(=O)N(CC)C(C)C)C(F)(F)F. The first-order valence-corrected chi connectivity index (χ1v) is 10.3. The Morgan fingerprint density at radius 1 is 1.09 bits per heavy atom. The molecule has 0 aliphatic heterocycles. The van der Waals surface area contributed by atoms with E-state index in [9.17, 15) is 53.1 Å². The Labute approximate surface area is 183 Å². The standard InChI is InChI=1S/C16H21F8NO7S/c1-5-25(9(2)3)12(27)14(15(20,21)22,32-11(26)10(4)17)31-8-6-7-13(18,19)16(23,24)33(28,29)30/h9H,4-8H2,1-3H3,(H,28,29,30). The minimum atomic E-state index is -6.60. The molecule has 194 valence electrons. The molecule has 0 saturated heterocycles. The Kier molecular flexibility index (Phi) is 9.86. The van der Waals surface area contributed by atoms with Crippen molar-refractivity contribution in [2.45, 2.75) is 62.8 Å². The second-order valence-corrected chi connectivity index (χ2v) is 8.20. The van der Waals surface area contributed by atoms with Gasteiger partial charge >= 0.3 is 45.1 Å². The number of hydrogen-bond donors (Lipinski definition) is 1. The molecule has 0 aromatic rings. The number of hydrogen-bond acceptors (Lipinski definition) is 6. The lowest BCUT2D eigenvalue weighted by Crippen LogP contribution is -2.63. The van der Waals surface area contributed by atoms with Crippen molar-refractivity contribution in [2.75, 3.05) is 13.2 Å². The zero-order chi connectivity index (χ0) is 26.6. The van der Waals surface area contributed by atoms with E-state index >= 15 is 0 Å². The van der Waals surface area contributed by atoms with Gasteiger partial charge in [0.1, 0.15) is 0 Å². The van der Waals surface area contributed by atoms with Crippen LogP contribution in [0.3, 0.4) is 0 Å². The average Bonchev–Trinajstić information content (AvgIpc) is 2.61. The minimum Gasteiger partial charge on any atom is -0.410 e. The molecular weight excluding hydrogens is 502 g/mol. The molecule has 0 fully saturated rings. The molecule has 1 amide bonds. The van der Waals surface area contributed by atoms with Gasteiger partial charge in [-0.2, -0.15) is 43.5 Å². The summed E-state index contributed by atoms with van der Waals surface area (Å²) in [6.07, 6.45) is -9.52. The van der Waals surface area contributed by atoms with Gasteiger partial charge < -0.3 is 14.4 Å². The van der Waals surface area contributed by atoms with Crippen LogP contribution in [0.25, 0.3) is 0 Å². The first-order chi connectivity index (χ1) is 14.6. The van der Waals surface area contributed by atoms with E-state index in [2.05, 4.69) is 16.1 Å². The van der Waals surface area contributed by atoms with Crippen molar-refractivity contribution in [1.82, 2.24) is 4.90 Å². The number of nitrogens with zero attached hydrogens (tertiary/aromatic N) is 1. The Morgan fingerprint density at radius 2 is 1.58 bits per heavy atom. The summed E-state index contributed by atoms with van der Waals surface area (Å²) < 4.78 is 145. The lowest BCUT2D eigenvalue weighted by Gasteiger charge is -2.38. The summed E-state index contributed by atoms with van der Waals surface area (Å²) in [6, 6.07) is -0.960. The van der Waals surface area contributed by atoms with E-state index in [1.165, 1.54) is 20.8 Å². The molecule has 17 heteroatoms. The molecule has 0 rings (SSSR count). The Bertz CT molecular complexity index is 844. The predicted molar refractivity (Wildman–Crippen MR) is 94.3 cm³/mol. The maximum Gasteiger partial charge on any atom is 0.466 e. The number of alkyl halides is 7. The maximum absolute atomic E-state index is 13.8. The number of ether oxygens (including phenoxy) is 2. The lowest BCUT2D eigenvalue weighted by atomic mass is 10.1. The molecule has 0 aromatic carbocycles. The maximum atomic E-state index is 13.8.